The topological polar surface area (TPSA) is 65.8 Å². The second-order valence-corrected chi connectivity index (χ2v) is 10.8. The molecule has 0 fully saturated rings. The van der Waals surface area contributed by atoms with Crippen LogP contribution in [0.2, 0.25) is 10.0 Å². The molecule has 1 aliphatic carbocycles. The van der Waals surface area contributed by atoms with Crippen molar-refractivity contribution in [2.45, 2.75) is 57.2 Å². The quantitative estimate of drug-likeness (QED) is 0.525. The van der Waals surface area contributed by atoms with Gasteiger partial charge in [-0.2, -0.15) is 5.26 Å². The summed E-state index contributed by atoms with van der Waals surface area (Å²) in [5.41, 5.74) is 3.42. The van der Waals surface area contributed by atoms with Crippen molar-refractivity contribution in [2.75, 3.05) is 5.32 Å². The average molecular weight is 462 g/mol. The van der Waals surface area contributed by atoms with Crippen LogP contribution in [0.1, 0.15) is 50.9 Å². The summed E-state index contributed by atoms with van der Waals surface area (Å²) in [6.07, 6.45) is 2.92. The molecule has 0 radical (unpaired) electrons. The van der Waals surface area contributed by atoms with Gasteiger partial charge in [0.25, 0.3) is 0 Å². The molecule has 7 heteroatoms. The molecule has 0 spiro atoms. The van der Waals surface area contributed by atoms with Crippen molar-refractivity contribution in [3.8, 4) is 6.07 Å². The van der Waals surface area contributed by atoms with Crippen LogP contribution in [-0.2, 0) is 17.6 Å². The fourth-order valence-corrected chi connectivity index (χ4v) is 4.85. The first-order valence-corrected chi connectivity index (χ1v) is 11.6. The van der Waals surface area contributed by atoms with E-state index in [0.717, 1.165) is 30.5 Å². The second kappa shape index (κ2) is 9.18. The van der Waals surface area contributed by atoms with Gasteiger partial charge >= 0.3 is 0 Å². The fourth-order valence-electron chi connectivity index (χ4n) is 3.61. The molecule has 0 bridgehead atoms. The lowest BCUT2D eigenvalue weighted by Gasteiger charge is -2.34. The molecule has 1 aromatic carbocycles. The number of halogens is 2. The van der Waals surface area contributed by atoms with E-state index < -0.39 is 5.25 Å². The predicted octanol–water partition coefficient (Wildman–Crippen LogP) is 6.53. The Labute approximate surface area is 192 Å². The second-order valence-electron chi connectivity index (χ2n) is 8.72. The number of anilines is 1. The van der Waals surface area contributed by atoms with E-state index in [0.29, 0.717) is 32.2 Å². The summed E-state index contributed by atoms with van der Waals surface area (Å²) in [5, 5.41) is 13.3. The van der Waals surface area contributed by atoms with Crippen LogP contribution < -0.4 is 5.32 Å². The lowest BCUT2D eigenvalue weighted by molar-refractivity contribution is -0.115. The zero-order valence-corrected chi connectivity index (χ0v) is 19.9. The number of benzene rings is 1. The van der Waals surface area contributed by atoms with Crippen molar-refractivity contribution in [3.63, 3.8) is 0 Å². The number of aromatic nitrogens is 1. The third-order valence-electron chi connectivity index (χ3n) is 5.56. The summed E-state index contributed by atoms with van der Waals surface area (Å²) in [6.45, 7) is 8.57. The summed E-state index contributed by atoms with van der Waals surface area (Å²) in [7, 11) is 0. The molecule has 30 heavy (non-hydrogen) atoms. The number of carbonyl (C=O) groups excluding carboxylic acids is 1. The maximum atomic E-state index is 12.7. The molecule has 0 saturated carbocycles. The first-order chi connectivity index (χ1) is 14.1. The van der Waals surface area contributed by atoms with Gasteiger partial charge in [0, 0.05) is 5.69 Å². The summed E-state index contributed by atoms with van der Waals surface area (Å²) >= 11 is 13.5. The smallest absolute Gasteiger partial charge is 0.237 e. The van der Waals surface area contributed by atoms with Crippen molar-refractivity contribution >= 4 is 46.6 Å². The number of pyridine rings is 1. The number of carbonyl (C=O) groups is 1. The van der Waals surface area contributed by atoms with E-state index in [-0.39, 0.29) is 11.3 Å². The van der Waals surface area contributed by atoms with Crippen molar-refractivity contribution in [3.05, 3.63) is 51.1 Å². The van der Waals surface area contributed by atoms with Gasteiger partial charge < -0.3 is 5.32 Å². The molecule has 1 aromatic heterocycles. The molecular weight excluding hydrogens is 437 g/mol. The number of thioether (sulfide) groups is 1. The van der Waals surface area contributed by atoms with Crippen LogP contribution >= 0.6 is 35.0 Å². The molecule has 2 atom stereocenters. The number of amides is 1. The molecule has 158 valence electrons. The minimum atomic E-state index is -0.455. The minimum Gasteiger partial charge on any atom is -0.324 e. The van der Waals surface area contributed by atoms with Gasteiger partial charge in [0.1, 0.15) is 11.1 Å². The van der Waals surface area contributed by atoms with Gasteiger partial charge in [-0.25, -0.2) is 4.98 Å². The average Bonchev–Trinajstić information content (AvgIpc) is 2.69. The van der Waals surface area contributed by atoms with Crippen LogP contribution in [0, 0.1) is 22.7 Å². The van der Waals surface area contributed by atoms with Crippen LogP contribution in [0.3, 0.4) is 0 Å². The maximum Gasteiger partial charge on any atom is 0.237 e. The molecule has 0 saturated heterocycles. The van der Waals surface area contributed by atoms with Crippen molar-refractivity contribution in [1.29, 1.82) is 5.26 Å². The highest BCUT2D eigenvalue weighted by molar-refractivity contribution is 8.00. The number of nitrogens with one attached hydrogen (secondary N) is 1. The first-order valence-electron chi connectivity index (χ1n) is 9.94. The molecule has 1 amide bonds. The molecular formula is C23H25Cl2N3OS. The van der Waals surface area contributed by atoms with E-state index >= 15 is 0 Å². The van der Waals surface area contributed by atoms with Crippen molar-refractivity contribution < 1.29 is 4.79 Å². The number of rotatable bonds is 4. The monoisotopic (exact) mass is 461 g/mol. The lowest BCUT2D eigenvalue weighted by Crippen LogP contribution is -2.28. The Morgan fingerprint density at radius 1 is 1.37 bits per heavy atom. The van der Waals surface area contributed by atoms with Gasteiger partial charge in [0.05, 0.1) is 26.5 Å². The summed E-state index contributed by atoms with van der Waals surface area (Å²) < 4.78 is 0. The molecule has 0 aliphatic heterocycles. The Bertz CT molecular complexity index is 1010. The highest BCUT2D eigenvalue weighted by atomic mass is 35.5. The van der Waals surface area contributed by atoms with Gasteiger partial charge in [0.15, 0.2) is 0 Å². The zero-order chi connectivity index (χ0) is 22.1. The van der Waals surface area contributed by atoms with Gasteiger partial charge in [-0.15, -0.1) is 0 Å². The van der Waals surface area contributed by atoms with E-state index in [1.807, 2.05) is 6.07 Å². The normalized spacial score (nSPS) is 17.0. The Morgan fingerprint density at radius 3 is 2.77 bits per heavy atom. The third-order valence-corrected chi connectivity index (χ3v) is 7.49. The largest absolute Gasteiger partial charge is 0.324 e. The van der Waals surface area contributed by atoms with E-state index in [1.54, 1.807) is 25.1 Å². The Balaban J connectivity index is 1.77. The van der Waals surface area contributed by atoms with Crippen LogP contribution in [0.25, 0.3) is 0 Å². The SMILES string of the molecule is CC(Sc1nc2c(cc1C#N)CC(C(C)(C)C)CC2)C(=O)Nc1cccc(Cl)c1Cl. The summed E-state index contributed by atoms with van der Waals surface area (Å²) in [4.78, 5) is 17.5. The molecule has 4 nitrogen and oxygen atoms in total. The highest BCUT2D eigenvalue weighted by Crippen LogP contribution is 2.38. The molecule has 3 rings (SSSR count). The minimum absolute atomic E-state index is 0.222. The molecule has 1 aliphatic rings. The van der Waals surface area contributed by atoms with E-state index in [9.17, 15) is 10.1 Å². The van der Waals surface area contributed by atoms with Gasteiger partial charge in [0.2, 0.25) is 5.91 Å². The van der Waals surface area contributed by atoms with Crippen LogP contribution in [0.4, 0.5) is 5.69 Å². The van der Waals surface area contributed by atoms with Crippen LogP contribution in [0.5, 0.6) is 0 Å². The van der Waals surface area contributed by atoms with E-state index in [1.165, 1.54) is 11.8 Å². The number of hydrogen-bond donors (Lipinski definition) is 1. The predicted molar refractivity (Wildman–Crippen MR) is 124 cm³/mol. The van der Waals surface area contributed by atoms with Crippen molar-refractivity contribution in [2.24, 2.45) is 11.3 Å². The van der Waals surface area contributed by atoms with Crippen molar-refractivity contribution in [1.82, 2.24) is 4.98 Å². The standard InChI is InChI=1S/C23H25Cl2N3OS/c1-13(21(29)27-19-7-5-6-17(24)20(19)25)30-22-15(12-26)10-14-11-16(23(2,3)4)8-9-18(14)28-22/h5-7,10,13,16H,8-9,11H2,1-4H3,(H,27,29). The maximum absolute atomic E-state index is 12.7. The van der Waals surface area contributed by atoms with E-state index in [4.69, 9.17) is 28.2 Å². The van der Waals surface area contributed by atoms with Gasteiger partial charge in [-0.1, -0.05) is 61.8 Å². The molecule has 1 heterocycles. The summed E-state index contributed by atoms with van der Waals surface area (Å²) in [5.74, 6) is 0.351. The van der Waals surface area contributed by atoms with Crippen LogP contribution in [-0.4, -0.2) is 16.1 Å². The van der Waals surface area contributed by atoms with Gasteiger partial charge in [-0.3, -0.25) is 4.79 Å². The zero-order valence-electron chi connectivity index (χ0n) is 17.6. The fraction of sp³-hybridized carbons (Fsp3) is 0.435. The lowest BCUT2D eigenvalue weighted by atomic mass is 9.71. The first kappa shape index (κ1) is 22.9. The Kier molecular flexibility index (Phi) is 7.02. The number of nitriles is 1. The molecule has 2 aromatic rings. The number of hydrogen-bond acceptors (Lipinski definition) is 4. The Morgan fingerprint density at radius 2 is 2.10 bits per heavy atom. The van der Waals surface area contributed by atoms with Gasteiger partial charge in [-0.05, 0) is 61.3 Å². The molecule has 2 unspecified atom stereocenters. The third kappa shape index (κ3) is 5.11. The molecule has 1 N–H and O–H groups in total. The number of nitrogens with zero attached hydrogens (tertiary/aromatic N) is 2. The van der Waals surface area contributed by atoms with E-state index in [2.05, 4.69) is 32.2 Å². The number of aryl methyl sites for hydroxylation is 1. The Hall–Kier alpha value is -1.74. The number of fused-ring (bicyclic) bond motifs is 1. The highest BCUT2D eigenvalue weighted by Gasteiger charge is 2.30. The van der Waals surface area contributed by atoms with Crippen LogP contribution in [0.15, 0.2) is 29.3 Å². The summed E-state index contributed by atoms with van der Waals surface area (Å²) in [6, 6.07) is 9.31.